The van der Waals surface area contributed by atoms with Gasteiger partial charge in [0.2, 0.25) is 0 Å². The monoisotopic (exact) mass is 496 g/mol. The van der Waals surface area contributed by atoms with Crippen LogP contribution in [0.4, 0.5) is 34.1 Å². The molecule has 6 aromatic rings. The van der Waals surface area contributed by atoms with E-state index in [1.807, 2.05) is 0 Å². The highest BCUT2D eigenvalue weighted by atomic mass is 15.2. The quantitative estimate of drug-likeness (QED) is 0.235. The summed E-state index contributed by atoms with van der Waals surface area (Å²) < 4.78 is 0. The fourth-order valence-electron chi connectivity index (χ4n) is 6.40. The second-order valence-corrected chi connectivity index (χ2v) is 10.2. The van der Waals surface area contributed by atoms with E-state index in [0.29, 0.717) is 0 Å². The summed E-state index contributed by atoms with van der Waals surface area (Å²) in [7, 11) is 0. The predicted octanol–water partition coefficient (Wildman–Crippen LogP) is 7.44. The summed E-state index contributed by atoms with van der Waals surface area (Å²) in [6, 6.07) is 54.9. The molecule has 0 radical (unpaired) electrons. The average molecular weight is 496 g/mol. The Hall–Kier alpha value is -5.02. The fraction of sp³-hybridized carbons (Fsp3) is 0. The molecule has 0 amide bonds. The van der Waals surface area contributed by atoms with E-state index in [2.05, 4.69) is 161 Å². The number of nitrogens with zero attached hydrogens (tertiary/aromatic N) is 2. The molecule has 0 unspecified atom stereocenters. The third-order valence-electron chi connectivity index (χ3n) is 8.04. The first-order valence-corrected chi connectivity index (χ1v) is 13.5. The Morgan fingerprint density at radius 2 is 0.872 bits per heavy atom. The first-order chi connectivity index (χ1) is 19.4. The normalized spacial score (nSPS) is 13.0. The topological polar surface area (TPSA) is 6.48 Å². The molecule has 0 aliphatic carbocycles. The first-order valence-electron chi connectivity index (χ1n) is 13.5. The first kappa shape index (κ1) is 22.0. The number of fused-ring (bicyclic) bond motifs is 4. The Morgan fingerprint density at radius 1 is 0.359 bits per heavy atom. The minimum Gasteiger partial charge on any atom is -0.311 e. The molecule has 39 heavy (non-hydrogen) atoms. The van der Waals surface area contributed by atoms with Crippen molar-refractivity contribution in [3.63, 3.8) is 0 Å². The molecule has 3 heteroatoms. The van der Waals surface area contributed by atoms with Crippen molar-refractivity contribution in [3.8, 4) is 11.1 Å². The lowest BCUT2D eigenvalue weighted by molar-refractivity contribution is 1.25. The van der Waals surface area contributed by atoms with Crippen LogP contribution in [0.2, 0.25) is 0 Å². The van der Waals surface area contributed by atoms with Crippen molar-refractivity contribution < 1.29 is 0 Å². The molecule has 6 aromatic carbocycles. The second-order valence-electron chi connectivity index (χ2n) is 10.2. The molecule has 182 valence electrons. The van der Waals surface area contributed by atoms with E-state index in [4.69, 9.17) is 0 Å². The van der Waals surface area contributed by atoms with Gasteiger partial charge >= 0.3 is 0 Å². The van der Waals surface area contributed by atoms with Gasteiger partial charge in [-0.2, -0.15) is 0 Å². The molecular formula is C36H25BN2. The van der Waals surface area contributed by atoms with E-state index >= 15 is 0 Å². The van der Waals surface area contributed by atoms with Gasteiger partial charge in [0.15, 0.2) is 0 Å². The molecule has 0 fully saturated rings. The van der Waals surface area contributed by atoms with Crippen molar-refractivity contribution >= 4 is 57.2 Å². The van der Waals surface area contributed by atoms with Crippen molar-refractivity contribution in [1.29, 1.82) is 0 Å². The zero-order valence-corrected chi connectivity index (χ0v) is 21.4. The number of benzene rings is 6. The summed E-state index contributed by atoms with van der Waals surface area (Å²) in [5.74, 6) is 0. The Balaban J connectivity index is 1.44. The lowest BCUT2D eigenvalue weighted by Gasteiger charge is -2.44. The molecule has 2 aliphatic heterocycles. The van der Waals surface area contributed by atoms with Crippen molar-refractivity contribution in [2.45, 2.75) is 0 Å². The van der Waals surface area contributed by atoms with Gasteiger partial charge < -0.3 is 9.80 Å². The Labute approximate surface area is 229 Å². The molecule has 0 spiro atoms. The Morgan fingerprint density at radius 3 is 1.54 bits per heavy atom. The van der Waals surface area contributed by atoms with Crippen molar-refractivity contribution in [3.05, 3.63) is 152 Å². The van der Waals surface area contributed by atoms with Gasteiger partial charge in [0.25, 0.3) is 6.71 Å². The number of rotatable bonds is 3. The van der Waals surface area contributed by atoms with Crippen LogP contribution in [0, 0.1) is 0 Å². The minimum absolute atomic E-state index is 0.146. The van der Waals surface area contributed by atoms with Crippen molar-refractivity contribution in [2.75, 3.05) is 9.80 Å². The SMILES string of the molecule is c1ccc(-c2ccc3c(c2)N(c2ccccc2)c2cccc4c2B3c2ccccc2N4c2ccccc2)cc1. The zero-order chi connectivity index (χ0) is 25.8. The lowest BCUT2D eigenvalue weighted by atomic mass is 9.33. The van der Waals surface area contributed by atoms with Gasteiger partial charge in [-0.1, -0.05) is 103 Å². The van der Waals surface area contributed by atoms with Crippen LogP contribution < -0.4 is 26.2 Å². The smallest absolute Gasteiger partial charge is 0.252 e. The molecule has 2 aliphatic rings. The highest BCUT2D eigenvalue weighted by molar-refractivity contribution is 7.00. The van der Waals surface area contributed by atoms with Crippen molar-refractivity contribution in [1.82, 2.24) is 0 Å². The molecule has 0 N–H and O–H groups in total. The molecule has 2 nitrogen and oxygen atoms in total. The molecular weight excluding hydrogens is 471 g/mol. The molecule has 0 saturated heterocycles. The lowest BCUT2D eigenvalue weighted by Crippen LogP contribution is -2.61. The van der Waals surface area contributed by atoms with E-state index in [0.717, 1.165) is 0 Å². The Kier molecular flexibility index (Phi) is 4.96. The van der Waals surface area contributed by atoms with Gasteiger partial charge in [-0.05, 0) is 76.0 Å². The fourth-order valence-corrected chi connectivity index (χ4v) is 6.40. The van der Waals surface area contributed by atoms with Gasteiger partial charge in [-0.3, -0.25) is 0 Å². The van der Waals surface area contributed by atoms with Gasteiger partial charge in [0.1, 0.15) is 0 Å². The highest BCUT2D eigenvalue weighted by Crippen LogP contribution is 2.44. The van der Waals surface area contributed by atoms with E-state index in [1.165, 1.54) is 61.6 Å². The number of hydrogen-bond donors (Lipinski definition) is 0. The van der Waals surface area contributed by atoms with Crippen molar-refractivity contribution in [2.24, 2.45) is 0 Å². The molecule has 8 rings (SSSR count). The second kappa shape index (κ2) is 8.78. The maximum atomic E-state index is 2.45. The summed E-state index contributed by atoms with van der Waals surface area (Å²) in [5.41, 5.74) is 13.8. The highest BCUT2D eigenvalue weighted by Gasteiger charge is 2.42. The summed E-state index contributed by atoms with van der Waals surface area (Å²) in [6.07, 6.45) is 0. The van der Waals surface area contributed by atoms with Crippen LogP contribution in [0.3, 0.4) is 0 Å². The number of para-hydroxylation sites is 3. The molecule has 2 heterocycles. The third-order valence-corrected chi connectivity index (χ3v) is 8.04. The average Bonchev–Trinajstić information content (AvgIpc) is 3.02. The van der Waals surface area contributed by atoms with Crippen LogP contribution in [0.25, 0.3) is 11.1 Å². The van der Waals surface area contributed by atoms with Gasteiger partial charge in [-0.25, -0.2) is 0 Å². The maximum absolute atomic E-state index is 2.45. The van der Waals surface area contributed by atoms with Crippen LogP contribution in [-0.2, 0) is 0 Å². The molecule has 0 saturated carbocycles. The van der Waals surface area contributed by atoms with Crippen LogP contribution >= 0.6 is 0 Å². The van der Waals surface area contributed by atoms with Gasteiger partial charge in [0.05, 0.1) is 0 Å². The Bertz CT molecular complexity index is 1820. The summed E-state index contributed by atoms with van der Waals surface area (Å²) in [6.45, 7) is 0.146. The van der Waals surface area contributed by atoms with Crippen LogP contribution in [-0.4, -0.2) is 6.71 Å². The van der Waals surface area contributed by atoms with E-state index in [1.54, 1.807) is 0 Å². The van der Waals surface area contributed by atoms with Crippen LogP contribution in [0.15, 0.2) is 152 Å². The standard InChI is InChI=1S/C36H25BN2/c1-4-13-26(14-5-1)27-23-24-31-35(25-27)39(29-17-8-3-9-18-29)34-22-12-21-33-36(34)37(31)30-19-10-11-20-32(30)38(33)28-15-6-2-7-16-28/h1-25H. The summed E-state index contributed by atoms with van der Waals surface area (Å²) >= 11 is 0. The zero-order valence-electron chi connectivity index (χ0n) is 21.4. The minimum atomic E-state index is 0.146. The molecule has 0 aromatic heterocycles. The van der Waals surface area contributed by atoms with Crippen LogP contribution in [0.5, 0.6) is 0 Å². The largest absolute Gasteiger partial charge is 0.311 e. The van der Waals surface area contributed by atoms with Gasteiger partial charge in [0, 0.05) is 34.1 Å². The third kappa shape index (κ3) is 3.37. The van der Waals surface area contributed by atoms with E-state index in [9.17, 15) is 0 Å². The number of anilines is 6. The number of hydrogen-bond acceptors (Lipinski definition) is 2. The van der Waals surface area contributed by atoms with Gasteiger partial charge in [-0.15, -0.1) is 0 Å². The van der Waals surface area contributed by atoms with E-state index < -0.39 is 0 Å². The van der Waals surface area contributed by atoms with E-state index in [-0.39, 0.29) is 6.71 Å². The predicted molar refractivity (Wildman–Crippen MR) is 166 cm³/mol. The van der Waals surface area contributed by atoms with Crippen LogP contribution in [0.1, 0.15) is 0 Å². The maximum Gasteiger partial charge on any atom is 0.252 e. The summed E-state index contributed by atoms with van der Waals surface area (Å²) in [5, 5.41) is 0. The molecule has 0 atom stereocenters. The summed E-state index contributed by atoms with van der Waals surface area (Å²) in [4.78, 5) is 4.88. The molecule has 0 bridgehead atoms.